The number of carbonyl (C=O) groups is 1. The lowest BCUT2D eigenvalue weighted by atomic mass is 10.2. The lowest BCUT2D eigenvalue weighted by molar-refractivity contribution is 0.0698. The SMILES string of the molecule is O=C(O)c1cc(Br)nc2c1[nH]c1cc(S(=O)(=O)N3CCOCC3)ccc12. The molecular formula is C16H14BrN3O5S. The first-order chi connectivity index (χ1) is 12.4. The monoisotopic (exact) mass is 439 g/mol. The third-order valence-electron chi connectivity index (χ3n) is 4.33. The zero-order chi connectivity index (χ0) is 18.5. The van der Waals surface area contributed by atoms with Crippen molar-refractivity contribution in [3.63, 3.8) is 0 Å². The Morgan fingerprint density at radius 2 is 2.00 bits per heavy atom. The summed E-state index contributed by atoms with van der Waals surface area (Å²) < 4.78 is 32.6. The van der Waals surface area contributed by atoms with Crippen molar-refractivity contribution in [2.75, 3.05) is 26.3 Å². The maximum Gasteiger partial charge on any atom is 0.337 e. The van der Waals surface area contributed by atoms with Gasteiger partial charge in [-0.1, -0.05) is 0 Å². The highest BCUT2D eigenvalue weighted by atomic mass is 79.9. The summed E-state index contributed by atoms with van der Waals surface area (Å²) in [5.41, 5.74) is 1.41. The van der Waals surface area contributed by atoms with E-state index in [1.165, 1.54) is 22.5 Å². The van der Waals surface area contributed by atoms with Crippen molar-refractivity contribution < 1.29 is 23.1 Å². The Morgan fingerprint density at radius 3 is 2.69 bits per heavy atom. The third-order valence-corrected chi connectivity index (χ3v) is 6.63. The smallest absolute Gasteiger partial charge is 0.337 e. The van der Waals surface area contributed by atoms with Gasteiger partial charge in [-0.15, -0.1) is 0 Å². The zero-order valence-electron chi connectivity index (χ0n) is 13.4. The van der Waals surface area contributed by atoms with Crippen molar-refractivity contribution >= 4 is 53.9 Å². The molecule has 8 nitrogen and oxygen atoms in total. The number of rotatable bonds is 3. The first-order valence-corrected chi connectivity index (χ1v) is 10.0. The lowest BCUT2D eigenvalue weighted by Crippen LogP contribution is -2.40. The normalized spacial score (nSPS) is 16.3. The summed E-state index contributed by atoms with van der Waals surface area (Å²) in [7, 11) is -3.64. The molecule has 0 bridgehead atoms. The molecule has 0 atom stereocenters. The molecule has 0 radical (unpaired) electrons. The molecule has 1 aromatic carbocycles. The van der Waals surface area contributed by atoms with Gasteiger partial charge >= 0.3 is 5.97 Å². The van der Waals surface area contributed by atoms with Crippen molar-refractivity contribution in [1.29, 1.82) is 0 Å². The van der Waals surface area contributed by atoms with Crippen molar-refractivity contribution in [1.82, 2.24) is 14.3 Å². The largest absolute Gasteiger partial charge is 0.478 e. The molecule has 0 amide bonds. The maximum atomic E-state index is 12.8. The summed E-state index contributed by atoms with van der Waals surface area (Å²) in [5, 5.41) is 10.1. The van der Waals surface area contributed by atoms with Crippen LogP contribution >= 0.6 is 15.9 Å². The molecule has 2 aromatic heterocycles. The Bertz CT molecular complexity index is 1140. The minimum atomic E-state index is -3.64. The standard InChI is InChI=1S/C16H14BrN3O5S/c17-13-8-11(16(21)22)15-14(19-13)10-2-1-9(7-12(10)18-15)26(23,24)20-3-5-25-6-4-20/h1-2,7-8,18H,3-6H2,(H,21,22). The Hall–Kier alpha value is -2.01. The predicted molar refractivity (Wildman–Crippen MR) is 97.8 cm³/mol. The van der Waals surface area contributed by atoms with Crippen LogP contribution in [0, 0.1) is 0 Å². The van der Waals surface area contributed by atoms with E-state index < -0.39 is 16.0 Å². The van der Waals surface area contributed by atoms with Crippen LogP contribution in [0.2, 0.25) is 0 Å². The number of aromatic nitrogens is 2. The fourth-order valence-corrected chi connectivity index (χ4v) is 4.91. The van der Waals surface area contributed by atoms with E-state index in [1.54, 1.807) is 6.07 Å². The Kier molecular flexibility index (Phi) is 4.22. The molecule has 0 spiro atoms. The predicted octanol–water partition coefficient (Wildman–Crippen LogP) is 2.20. The quantitative estimate of drug-likeness (QED) is 0.604. The molecule has 0 unspecified atom stereocenters. The third kappa shape index (κ3) is 2.78. The summed E-state index contributed by atoms with van der Waals surface area (Å²) in [6, 6.07) is 6.09. The van der Waals surface area contributed by atoms with Crippen molar-refractivity contribution in [2.24, 2.45) is 0 Å². The van der Waals surface area contributed by atoms with Gasteiger partial charge in [0.05, 0.1) is 34.7 Å². The fourth-order valence-electron chi connectivity index (χ4n) is 3.07. The molecule has 1 aliphatic heterocycles. The lowest BCUT2D eigenvalue weighted by Gasteiger charge is -2.26. The van der Waals surface area contributed by atoms with Gasteiger partial charge in [-0.25, -0.2) is 18.2 Å². The summed E-state index contributed by atoms with van der Waals surface area (Å²) in [6.07, 6.45) is 0. The van der Waals surface area contributed by atoms with Crippen LogP contribution in [0.4, 0.5) is 0 Å². The molecule has 1 fully saturated rings. The Morgan fingerprint density at radius 1 is 1.27 bits per heavy atom. The van der Waals surface area contributed by atoms with E-state index in [4.69, 9.17) is 4.74 Å². The molecule has 3 heterocycles. The highest BCUT2D eigenvalue weighted by Gasteiger charge is 2.27. The van der Waals surface area contributed by atoms with E-state index in [0.717, 1.165) is 0 Å². The number of sulfonamides is 1. The molecule has 26 heavy (non-hydrogen) atoms. The van der Waals surface area contributed by atoms with Crippen LogP contribution in [0.1, 0.15) is 10.4 Å². The van der Waals surface area contributed by atoms with E-state index in [-0.39, 0.29) is 10.5 Å². The summed E-state index contributed by atoms with van der Waals surface area (Å²) >= 11 is 3.22. The summed E-state index contributed by atoms with van der Waals surface area (Å²) in [4.78, 5) is 19.0. The number of carboxylic acid groups (broad SMARTS) is 1. The number of aromatic amines is 1. The van der Waals surface area contributed by atoms with Gasteiger partial charge in [0.25, 0.3) is 0 Å². The van der Waals surface area contributed by atoms with E-state index in [2.05, 4.69) is 25.9 Å². The second-order valence-electron chi connectivity index (χ2n) is 5.87. The number of benzene rings is 1. The highest BCUT2D eigenvalue weighted by Crippen LogP contribution is 2.30. The average Bonchev–Trinajstić information content (AvgIpc) is 2.99. The molecule has 0 saturated carbocycles. The number of hydrogen-bond acceptors (Lipinski definition) is 5. The number of nitrogens with one attached hydrogen (secondary N) is 1. The minimum absolute atomic E-state index is 0.0654. The van der Waals surface area contributed by atoms with Crippen LogP contribution in [0.3, 0.4) is 0 Å². The summed E-state index contributed by atoms with van der Waals surface area (Å²) in [5.74, 6) is -1.09. The topological polar surface area (TPSA) is 113 Å². The molecule has 1 saturated heterocycles. The number of pyridine rings is 1. The van der Waals surface area contributed by atoms with Gasteiger partial charge in [0.1, 0.15) is 4.60 Å². The molecule has 136 valence electrons. The zero-order valence-corrected chi connectivity index (χ0v) is 15.8. The van der Waals surface area contributed by atoms with Crippen LogP contribution < -0.4 is 0 Å². The molecule has 4 rings (SSSR count). The molecule has 2 N–H and O–H groups in total. The van der Waals surface area contributed by atoms with Crippen molar-refractivity contribution in [2.45, 2.75) is 4.90 Å². The number of aromatic carboxylic acids is 1. The van der Waals surface area contributed by atoms with Crippen molar-refractivity contribution in [3.05, 3.63) is 34.4 Å². The van der Waals surface area contributed by atoms with Gasteiger partial charge in [0, 0.05) is 24.0 Å². The van der Waals surface area contributed by atoms with Gasteiger partial charge in [-0.05, 0) is 40.2 Å². The highest BCUT2D eigenvalue weighted by molar-refractivity contribution is 9.10. The first-order valence-electron chi connectivity index (χ1n) is 7.81. The van der Waals surface area contributed by atoms with E-state index in [9.17, 15) is 18.3 Å². The van der Waals surface area contributed by atoms with Gasteiger partial charge < -0.3 is 14.8 Å². The number of hydrogen-bond donors (Lipinski definition) is 2. The summed E-state index contributed by atoms with van der Waals surface area (Å²) in [6.45, 7) is 1.36. The van der Waals surface area contributed by atoms with Gasteiger partial charge in [0.2, 0.25) is 10.0 Å². The average molecular weight is 440 g/mol. The van der Waals surface area contributed by atoms with Crippen LogP contribution in [-0.4, -0.2) is 60.1 Å². The molecular weight excluding hydrogens is 426 g/mol. The molecule has 10 heteroatoms. The van der Waals surface area contributed by atoms with E-state index >= 15 is 0 Å². The number of nitrogens with zero attached hydrogens (tertiary/aromatic N) is 2. The van der Waals surface area contributed by atoms with E-state index in [0.29, 0.717) is 52.8 Å². The second kappa shape index (κ2) is 6.31. The molecule has 1 aliphatic rings. The first kappa shape index (κ1) is 17.4. The minimum Gasteiger partial charge on any atom is -0.478 e. The fraction of sp³-hybridized carbons (Fsp3) is 0.250. The van der Waals surface area contributed by atoms with E-state index in [1.807, 2.05) is 0 Å². The van der Waals surface area contributed by atoms with Crippen LogP contribution in [0.25, 0.3) is 21.9 Å². The van der Waals surface area contributed by atoms with Gasteiger partial charge in [0.15, 0.2) is 0 Å². The van der Waals surface area contributed by atoms with Gasteiger partial charge in [-0.3, -0.25) is 0 Å². The number of H-pyrrole nitrogens is 1. The Balaban J connectivity index is 1.89. The Labute approximate surface area is 156 Å². The number of carboxylic acids is 1. The molecule has 0 aliphatic carbocycles. The maximum absolute atomic E-state index is 12.8. The van der Waals surface area contributed by atoms with Gasteiger partial charge in [-0.2, -0.15) is 4.31 Å². The van der Waals surface area contributed by atoms with Crippen LogP contribution in [-0.2, 0) is 14.8 Å². The van der Waals surface area contributed by atoms with Crippen LogP contribution in [0.15, 0.2) is 33.8 Å². The number of morpholine rings is 1. The number of ether oxygens (including phenoxy) is 1. The number of fused-ring (bicyclic) bond motifs is 3. The number of halogens is 1. The second-order valence-corrected chi connectivity index (χ2v) is 8.62. The van der Waals surface area contributed by atoms with Crippen molar-refractivity contribution in [3.8, 4) is 0 Å². The molecule has 3 aromatic rings. The van der Waals surface area contributed by atoms with Crippen LogP contribution in [0.5, 0.6) is 0 Å².